The molecule has 1 aromatic carbocycles. The molecule has 0 radical (unpaired) electrons. The van der Waals surface area contributed by atoms with Crippen LogP contribution in [0.3, 0.4) is 0 Å². The minimum absolute atomic E-state index is 0.452. The normalized spacial score (nSPS) is 21.8. The molecule has 1 saturated heterocycles. The first-order valence-corrected chi connectivity index (χ1v) is 9.85. The summed E-state index contributed by atoms with van der Waals surface area (Å²) < 4.78 is 23.8. The average molecular weight is 315 g/mol. The van der Waals surface area contributed by atoms with Crippen molar-refractivity contribution in [2.75, 3.05) is 29.2 Å². The Bertz CT molecular complexity index is 542. The number of anilines is 1. The molecule has 0 bridgehead atoms. The van der Waals surface area contributed by atoms with Crippen LogP contribution in [0.2, 0.25) is 0 Å². The zero-order valence-corrected chi connectivity index (χ0v) is 13.5. The molecule has 1 heterocycles. The average Bonchev–Trinajstić information content (AvgIpc) is 2.46. The summed E-state index contributed by atoms with van der Waals surface area (Å²) in [6.45, 7) is 2.66. The highest BCUT2D eigenvalue weighted by molar-refractivity contribution is 8.01. The Kier molecular flexibility index (Phi) is 4.99. The van der Waals surface area contributed by atoms with Crippen LogP contribution in [-0.4, -0.2) is 43.2 Å². The molecule has 0 aliphatic carbocycles. The van der Waals surface area contributed by atoms with Crippen molar-refractivity contribution in [3.8, 4) is 0 Å². The van der Waals surface area contributed by atoms with Gasteiger partial charge in [0.25, 0.3) is 0 Å². The molecule has 0 spiro atoms. The van der Waals surface area contributed by atoms with Crippen LogP contribution >= 0.6 is 11.8 Å². The number of sulfone groups is 1. The second kappa shape index (κ2) is 6.37. The molecule has 0 aromatic heterocycles. The summed E-state index contributed by atoms with van der Waals surface area (Å²) >= 11 is 1.68. The molecule has 20 heavy (non-hydrogen) atoms. The summed E-state index contributed by atoms with van der Waals surface area (Å²) in [5, 5.41) is 9.34. The summed E-state index contributed by atoms with van der Waals surface area (Å²) in [4.78, 5) is 1.95. The molecule has 0 amide bonds. The molecule has 1 aliphatic heterocycles. The molecule has 2 rings (SSSR count). The van der Waals surface area contributed by atoms with Gasteiger partial charge in [-0.15, -0.1) is 0 Å². The molecular formula is C14H21NO3S2. The van der Waals surface area contributed by atoms with Gasteiger partial charge in [-0.1, -0.05) is 19.1 Å². The highest BCUT2D eigenvalue weighted by atomic mass is 32.2. The van der Waals surface area contributed by atoms with Crippen molar-refractivity contribution in [2.45, 2.75) is 24.8 Å². The van der Waals surface area contributed by atoms with Crippen LogP contribution in [0.15, 0.2) is 24.3 Å². The van der Waals surface area contributed by atoms with Crippen LogP contribution in [0, 0.1) is 0 Å². The molecular weight excluding hydrogens is 294 g/mol. The van der Waals surface area contributed by atoms with Gasteiger partial charge in [0.15, 0.2) is 9.84 Å². The standard InChI is InChI=1S/C14H21NO3S2/c1-3-13(16)11-4-6-12(7-5-11)15-8-9-19-10-14(15)20(2,17)18/h4-7,13-14,16H,3,8-10H2,1-2H3/t13-,14?/m0/s1. The van der Waals surface area contributed by atoms with Gasteiger partial charge in [0.05, 0.1) is 6.10 Å². The van der Waals surface area contributed by atoms with E-state index < -0.39 is 21.3 Å². The molecule has 4 nitrogen and oxygen atoms in total. The Balaban J connectivity index is 2.25. The van der Waals surface area contributed by atoms with Gasteiger partial charge < -0.3 is 10.0 Å². The van der Waals surface area contributed by atoms with Gasteiger partial charge in [-0.3, -0.25) is 0 Å². The van der Waals surface area contributed by atoms with E-state index in [1.54, 1.807) is 11.8 Å². The van der Waals surface area contributed by atoms with Crippen molar-refractivity contribution < 1.29 is 13.5 Å². The zero-order chi connectivity index (χ0) is 14.8. The fourth-order valence-corrected chi connectivity index (χ4v) is 5.20. The molecule has 112 valence electrons. The highest BCUT2D eigenvalue weighted by Crippen LogP contribution is 2.28. The van der Waals surface area contributed by atoms with Crippen molar-refractivity contribution in [2.24, 2.45) is 0 Å². The summed E-state index contributed by atoms with van der Waals surface area (Å²) in [5.74, 6) is 1.55. The number of thioether (sulfide) groups is 1. The number of hydrogen-bond donors (Lipinski definition) is 1. The van der Waals surface area contributed by atoms with E-state index >= 15 is 0 Å². The fourth-order valence-electron chi connectivity index (χ4n) is 2.35. The number of hydrogen-bond acceptors (Lipinski definition) is 5. The fraction of sp³-hybridized carbons (Fsp3) is 0.571. The van der Waals surface area contributed by atoms with Gasteiger partial charge in [0.2, 0.25) is 0 Å². The van der Waals surface area contributed by atoms with Crippen LogP contribution in [0.1, 0.15) is 25.0 Å². The largest absolute Gasteiger partial charge is 0.388 e. The Morgan fingerprint density at radius 3 is 2.60 bits per heavy atom. The van der Waals surface area contributed by atoms with Crippen LogP contribution in [0.25, 0.3) is 0 Å². The molecule has 2 atom stereocenters. The van der Waals surface area contributed by atoms with E-state index in [0.717, 1.165) is 23.5 Å². The number of rotatable bonds is 4. The van der Waals surface area contributed by atoms with Gasteiger partial charge in [0.1, 0.15) is 5.37 Å². The van der Waals surface area contributed by atoms with Crippen LogP contribution in [0.4, 0.5) is 5.69 Å². The van der Waals surface area contributed by atoms with E-state index in [4.69, 9.17) is 0 Å². The summed E-state index contributed by atoms with van der Waals surface area (Å²) in [5.41, 5.74) is 1.78. The van der Waals surface area contributed by atoms with Gasteiger partial charge >= 0.3 is 0 Å². The third kappa shape index (κ3) is 3.48. The van der Waals surface area contributed by atoms with E-state index in [0.29, 0.717) is 12.2 Å². The highest BCUT2D eigenvalue weighted by Gasteiger charge is 2.31. The van der Waals surface area contributed by atoms with E-state index in [9.17, 15) is 13.5 Å². The summed E-state index contributed by atoms with van der Waals surface area (Å²) in [7, 11) is -3.10. The number of nitrogens with zero attached hydrogens (tertiary/aromatic N) is 1. The smallest absolute Gasteiger partial charge is 0.169 e. The van der Waals surface area contributed by atoms with Gasteiger partial charge in [-0.05, 0) is 24.1 Å². The molecule has 1 unspecified atom stereocenters. The minimum Gasteiger partial charge on any atom is -0.388 e. The third-order valence-electron chi connectivity index (χ3n) is 3.58. The maximum Gasteiger partial charge on any atom is 0.169 e. The first kappa shape index (κ1) is 15.7. The van der Waals surface area contributed by atoms with Crippen molar-refractivity contribution in [1.82, 2.24) is 0 Å². The SMILES string of the molecule is CC[C@H](O)c1ccc(N2CCSCC2S(C)(=O)=O)cc1. The number of aliphatic hydroxyl groups excluding tert-OH is 1. The zero-order valence-electron chi connectivity index (χ0n) is 11.8. The summed E-state index contributed by atoms with van der Waals surface area (Å²) in [6.07, 6.45) is 1.52. The molecule has 1 aromatic rings. The van der Waals surface area contributed by atoms with Crippen molar-refractivity contribution >= 4 is 27.3 Å². The second-order valence-corrected chi connectivity index (χ2v) is 8.42. The van der Waals surface area contributed by atoms with Crippen molar-refractivity contribution in [3.63, 3.8) is 0 Å². The first-order valence-electron chi connectivity index (χ1n) is 6.74. The van der Waals surface area contributed by atoms with E-state index in [1.165, 1.54) is 6.26 Å². The van der Waals surface area contributed by atoms with E-state index in [-0.39, 0.29) is 0 Å². The second-order valence-electron chi connectivity index (χ2n) is 5.07. The first-order chi connectivity index (χ1) is 9.43. The summed E-state index contributed by atoms with van der Waals surface area (Å²) in [6, 6.07) is 7.57. The van der Waals surface area contributed by atoms with Gasteiger partial charge in [-0.2, -0.15) is 11.8 Å². The predicted molar refractivity (Wildman–Crippen MR) is 85.0 cm³/mol. The number of aliphatic hydroxyl groups is 1. The lowest BCUT2D eigenvalue weighted by Gasteiger charge is -2.36. The maximum atomic E-state index is 11.9. The topological polar surface area (TPSA) is 57.6 Å². The monoisotopic (exact) mass is 315 g/mol. The Hall–Kier alpha value is -0.720. The van der Waals surface area contributed by atoms with Crippen LogP contribution < -0.4 is 4.90 Å². The quantitative estimate of drug-likeness (QED) is 0.921. The predicted octanol–water partition coefficient (Wildman–Crippen LogP) is 2.05. The van der Waals surface area contributed by atoms with Gasteiger partial charge in [0, 0.05) is 30.0 Å². The van der Waals surface area contributed by atoms with Crippen molar-refractivity contribution in [1.29, 1.82) is 0 Å². The molecule has 1 N–H and O–H groups in total. The minimum atomic E-state index is -3.10. The Labute approximate surface area is 125 Å². The Morgan fingerprint density at radius 1 is 1.40 bits per heavy atom. The Morgan fingerprint density at radius 2 is 2.05 bits per heavy atom. The van der Waals surface area contributed by atoms with E-state index in [2.05, 4.69) is 0 Å². The molecule has 1 fully saturated rings. The van der Waals surface area contributed by atoms with Crippen LogP contribution in [0.5, 0.6) is 0 Å². The lowest BCUT2D eigenvalue weighted by molar-refractivity contribution is 0.173. The molecule has 6 heteroatoms. The van der Waals surface area contributed by atoms with E-state index in [1.807, 2.05) is 36.1 Å². The molecule has 0 saturated carbocycles. The van der Waals surface area contributed by atoms with Gasteiger partial charge in [-0.25, -0.2) is 8.42 Å². The molecule has 1 aliphatic rings. The number of benzene rings is 1. The maximum absolute atomic E-state index is 11.9. The lowest BCUT2D eigenvalue weighted by atomic mass is 10.1. The lowest BCUT2D eigenvalue weighted by Crippen LogP contribution is -2.47. The van der Waals surface area contributed by atoms with Crippen molar-refractivity contribution in [3.05, 3.63) is 29.8 Å². The van der Waals surface area contributed by atoms with Crippen LogP contribution in [-0.2, 0) is 9.84 Å². The third-order valence-corrected chi connectivity index (χ3v) is 6.22.